The number of carbonyl (C=O) groups is 2. The molecule has 0 N–H and O–H groups in total. The first-order valence-corrected chi connectivity index (χ1v) is 3.80. The molecule has 11 heavy (non-hydrogen) atoms. The van der Waals surface area contributed by atoms with E-state index in [1.165, 1.54) is 0 Å². The zero-order valence-corrected chi connectivity index (χ0v) is 6.79. The van der Waals surface area contributed by atoms with E-state index in [9.17, 15) is 9.59 Å². The Morgan fingerprint density at radius 2 is 2.27 bits per heavy atom. The highest BCUT2D eigenvalue weighted by Crippen LogP contribution is 2.18. The lowest BCUT2D eigenvalue weighted by molar-refractivity contribution is -0.137. The number of rotatable bonds is 2. The minimum absolute atomic E-state index is 0.00880. The number of ether oxygens (including phenoxy) is 1. The second-order valence-corrected chi connectivity index (χ2v) is 3.14. The Kier molecular flexibility index (Phi) is 2.27. The summed E-state index contributed by atoms with van der Waals surface area (Å²) in [4.78, 5) is 21.9. The lowest BCUT2D eigenvalue weighted by atomic mass is 9.95. The van der Waals surface area contributed by atoms with Crippen LogP contribution in [-0.2, 0) is 14.3 Å². The smallest absolute Gasteiger partial charge is 0.306 e. The van der Waals surface area contributed by atoms with Gasteiger partial charge in [0.25, 0.3) is 0 Å². The van der Waals surface area contributed by atoms with Crippen molar-refractivity contribution in [1.29, 1.82) is 0 Å². The van der Waals surface area contributed by atoms with Crippen LogP contribution in [0.2, 0.25) is 0 Å². The van der Waals surface area contributed by atoms with Gasteiger partial charge in [0, 0.05) is 5.92 Å². The van der Waals surface area contributed by atoms with Gasteiger partial charge >= 0.3 is 5.97 Å². The van der Waals surface area contributed by atoms with Crippen molar-refractivity contribution in [3.8, 4) is 0 Å². The van der Waals surface area contributed by atoms with Gasteiger partial charge in [0.2, 0.25) is 0 Å². The summed E-state index contributed by atoms with van der Waals surface area (Å²) in [5, 5.41) is 0. The van der Waals surface area contributed by atoms with Crippen molar-refractivity contribution in [2.75, 3.05) is 6.61 Å². The van der Waals surface area contributed by atoms with E-state index < -0.39 is 0 Å². The largest absolute Gasteiger partial charge is 0.465 e. The average molecular weight is 156 g/mol. The van der Waals surface area contributed by atoms with Gasteiger partial charge in [-0.15, -0.1) is 0 Å². The Bertz CT molecular complexity index is 184. The molecular weight excluding hydrogens is 144 g/mol. The van der Waals surface area contributed by atoms with Gasteiger partial charge in [0.05, 0.1) is 12.3 Å². The van der Waals surface area contributed by atoms with Gasteiger partial charge in [-0.3, -0.25) is 9.59 Å². The van der Waals surface area contributed by atoms with E-state index in [1.54, 1.807) is 0 Å². The third-order valence-electron chi connectivity index (χ3n) is 1.83. The van der Waals surface area contributed by atoms with E-state index in [0.29, 0.717) is 0 Å². The Hall–Kier alpha value is -0.860. The summed E-state index contributed by atoms with van der Waals surface area (Å²) in [6.07, 6.45) is 0.275. The fourth-order valence-electron chi connectivity index (χ4n) is 1.17. The molecule has 0 aromatic carbocycles. The predicted octanol–water partition coefficient (Wildman–Crippen LogP) is 0.775. The van der Waals surface area contributed by atoms with E-state index in [2.05, 4.69) is 4.74 Å². The van der Waals surface area contributed by atoms with Crippen LogP contribution in [0.1, 0.15) is 20.3 Å². The number of esters is 1. The predicted molar refractivity (Wildman–Crippen MR) is 38.9 cm³/mol. The number of ketones is 1. The normalized spacial score (nSPS) is 23.9. The van der Waals surface area contributed by atoms with Crippen LogP contribution in [0.4, 0.5) is 0 Å². The Morgan fingerprint density at radius 3 is 2.64 bits per heavy atom. The van der Waals surface area contributed by atoms with Crippen molar-refractivity contribution in [1.82, 2.24) is 0 Å². The molecule has 1 rings (SSSR count). The van der Waals surface area contributed by atoms with Crippen molar-refractivity contribution in [2.45, 2.75) is 20.3 Å². The van der Waals surface area contributed by atoms with Gasteiger partial charge < -0.3 is 4.74 Å². The summed E-state index contributed by atoms with van der Waals surface area (Å²) in [6, 6.07) is 0. The summed E-state index contributed by atoms with van der Waals surface area (Å²) in [5.74, 6) is -0.281. The number of hydrogen-bond donors (Lipinski definition) is 0. The second-order valence-electron chi connectivity index (χ2n) is 3.14. The highest BCUT2D eigenvalue weighted by Gasteiger charge is 2.30. The van der Waals surface area contributed by atoms with Crippen LogP contribution >= 0.6 is 0 Å². The molecule has 1 fully saturated rings. The van der Waals surface area contributed by atoms with E-state index in [4.69, 9.17) is 0 Å². The van der Waals surface area contributed by atoms with Crippen molar-refractivity contribution in [2.24, 2.45) is 11.8 Å². The van der Waals surface area contributed by atoms with E-state index in [1.807, 2.05) is 13.8 Å². The van der Waals surface area contributed by atoms with Crippen LogP contribution < -0.4 is 0 Å². The van der Waals surface area contributed by atoms with E-state index in [0.717, 1.165) is 0 Å². The van der Waals surface area contributed by atoms with Gasteiger partial charge in [0.1, 0.15) is 12.4 Å². The Morgan fingerprint density at radius 1 is 1.64 bits per heavy atom. The molecule has 1 heterocycles. The zero-order valence-electron chi connectivity index (χ0n) is 6.79. The molecule has 62 valence electrons. The molecule has 0 saturated carbocycles. The fourth-order valence-corrected chi connectivity index (χ4v) is 1.17. The molecule has 3 heteroatoms. The van der Waals surface area contributed by atoms with E-state index in [-0.39, 0.29) is 36.6 Å². The molecule has 0 aliphatic carbocycles. The van der Waals surface area contributed by atoms with Crippen molar-refractivity contribution >= 4 is 11.8 Å². The third kappa shape index (κ3) is 1.79. The summed E-state index contributed by atoms with van der Waals surface area (Å²) < 4.78 is 4.68. The van der Waals surface area contributed by atoms with Gasteiger partial charge in [0.15, 0.2) is 0 Å². The molecule has 3 nitrogen and oxygen atoms in total. The number of Topliss-reactive ketones (excluding diaryl/α,β-unsaturated/α-hetero) is 1. The van der Waals surface area contributed by atoms with Crippen molar-refractivity contribution < 1.29 is 14.3 Å². The van der Waals surface area contributed by atoms with Crippen molar-refractivity contribution in [3.05, 3.63) is 0 Å². The second kappa shape index (κ2) is 3.03. The SMILES string of the molecule is CC(C)C(=O)[C@H]1COC(=O)C1. The summed E-state index contributed by atoms with van der Waals surface area (Å²) in [7, 11) is 0. The first-order valence-electron chi connectivity index (χ1n) is 3.80. The molecule has 1 saturated heterocycles. The Labute approximate surface area is 65.7 Å². The molecule has 1 aliphatic heterocycles. The topological polar surface area (TPSA) is 43.4 Å². The standard InChI is InChI=1S/C8H12O3/c1-5(2)8(10)6-3-7(9)11-4-6/h5-6H,3-4H2,1-2H3/t6-/m1/s1. The molecule has 1 aliphatic rings. The minimum Gasteiger partial charge on any atom is -0.465 e. The maximum Gasteiger partial charge on any atom is 0.306 e. The molecule has 0 aromatic rings. The minimum atomic E-state index is -0.246. The highest BCUT2D eigenvalue weighted by molar-refractivity contribution is 5.88. The fraction of sp³-hybridized carbons (Fsp3) is 0.750. The lowest BCUT2D eigenvalue weighted by Crippen LogP contribution is -2.19. The molecule has 0 amide bonds. The monoisotopic (exact) mass is 156 g/mol. The molecule has 0 radical (unpaired) electrons. The van der Waals surface area contributed by atoms with Gasteiger partial charge in [-0.2, -0.15) is 0 Å². The maximum atomic E-state index is 11.3. The zero-order chi connectivity index (χ0) is 8.43. The van der Waals surface area contributed by atoms with Crippen LogP contribution in [0.5, 0.6) is 0 Å². The van der Waals surface area contributed by atoms with E-state index >= 15 is 0 Å². The number of carbonyl (C=O) groups excluding carboxylic acids is 2. The van der Waals surface area contributed by atoms with Gasteiger partial charge in [-0.25, -0.2) is 0 Å². The van der Waals surface area contributed by atoms with Crippen LogP contribution in [0.15, 0.2) is 0 Å². The number of cyclic esters (lactones) is 1. The summed E-state index contributed by atoms with van der Waals surface area (Å²) in [5.41, 5.74) is 0. The third-order valence-corrected chi connectivity index (χ3v) is 1.83. The van der Waals surface area contributed by atoms with Crippen LogP contribution in [0, 0.1) is 11.8 Å². The lowest BCUT2D eigenvalue weighted by Gasteiger charge is -2.06. The first-order chi connectivity index (χ1) is 5.11. The first kappa shape index (κ1) is 8.24. The van der Waals surface area contributed by atoms with Crippen molar-refractivity contribution in [3.63, 3.8) is 0 Å². The quantitative estimate of drug-likeness (QED) is 0.555. The van der Waals surface area contributed by atoms with Crippen LogP contribution in [0.3, 0.4) is 0 Å². The molecule has 0 spiro atoms. The maximum absolute atomic E-state index is 11.3. The number of hydrogen-bond acceptors (Lipinski definition) is 3. The molecule has 0 bridgehead atoms. The van der Waals surface area contributed by atoms with Crippen LogP contribution in [0.25, 0.3) is 0 Å². The summed E-state index contributed by atoms with van der Waals surface area (Å²) >= 11 is 0. The van der Waals surface area contributed by atoms with Gasteiger partial charge in [-0.05, 0) is 0 Å². The molecule has 0 unspecified atom stereocenters. The molecule has 1 atom stereocenters. The summed E-state index contributed by atoms with van der Waals surface area (Å²) in [6.45, 7) is 3.96. The molecular formula is C8H12O3. The highest BCUT2D eigenvalue weighted by atomic mass is 16.5. The van der Waals surface area contributed by atoms with Gasteiger partial charge in [-0.1, -0.05) is 13.8 Å². The Balaban J connectivity index is 2.50. The molecule has 0 aromatic heterocycles. The van der Waals surface area contributed by atoms with Crippen LogP contribution in [-0.4, -0.2) is 18.4 Å². The average Bonchev–Trinajstić information content (AvgIpc) is 2.34.